The lowest BCUT2D eigenvalue weighted by Gasteiger charge is -2.31. The highest BCUT2D eigenvalue weighted by Gasteiger charge is 2.36. The first kappa shape index (κ1) is 15.8. The van der Waals surface area contributed by atoms with Gasteiger partial charge in [0.15, 0.2) is 0 Å². The Hall–Kier alpha value is -1.55. The topological polar surface area (TPSA) is 55.6 Å². The van der Waals surface area contributed by atoms with E-state index in [4.69, 9.17) is 10.5 Å². The minimum Gasteiger partial charge on any atom is -0.444 e. The second kappa shape index (κ2) is 6.06. The molecule has 1 aromatic carbocycles. The molecule has 1 amide bonds. The molecule has 0 bridgehead atoms. The Bertz CT molecular complexity index is 491. The standard InChI is InChI=1S/C17H26N2O2/c1-12-7-9-13(10-8-12)15(18)14-6-5-11-19(14)16(20)21-17(2,3)4/h7-10,14-15H,5-6,11,18H2,1-4H3. The van der Waals surface area contributed by atoms with Crippen LogP contribution in [0.3, 0.4) is 0 Å². The Kier molecular flexibility index (Phi) is 4.57. The average Bonchev–Trinajstić information content (AvgIpc) is 2.86. The summed E-state index contributed by atoms with van der Waals surface area (Å²) in [5.74, 6) is 0. The Balaban J connectivity index is 2.10. The summed E-state index contributed by atoms with van der Waals surface area (Å²) in [5.41, 5.74) is 8.20. The van der Waals surface area contributed by atoms with E-state index in [1.165, 1.54) is 5.56 Å². The molecule has 2 atom stereocenters. The van der Waals surface area contributed by atoms with Gasteiger partial charge in [0.2, 0.25) is 0 Å². The van der Waals surface area contributed by atoms with Crippen LogP contribution in [0.1, 0.15) is 50.8 Å². The smallest absolute Gasteiger partial charge is 0.410 e. The van der Waals surface area contributed by atoms with E-state index in [2.05, 4.69) is 19.1 Å². The van der Waals surface area contributed by atoms with Gasteiger partial charge in [0.05, 0.1) is 12.1 Å². The lowest BCUT2D eigenvalue weighted by molar-refractivity contribution is 0.0206. The van der Waals surface area contributed by atoms with Crippen molar-refractivity contribution in [2.45, 2.75) is 58.2 Å². The molecular formula is C17H26N2O2. The van der Waals surface area contributed by atoms with Crippen LogP contribution >= 0.6 is 0 Å². The number of hydrogen-bond acceptors (Lipinski definition) is 3. The maximum absolute atomic E-state index is 12.3. The summed E-state index contributed by atoms with van der Waals surface area (Å²) in [6.07, 6.45) is 1.64. The van der Waals surface area contributed by atoms with Gasteiger partial charge in [-0.3, -0.25) is 0 Å². The Morgan fingerprint density at radius 2 is 1.95 bits per heavy atom. The minimum atomic E-state index is -0.474. The Morgan fingerprint density at radius 3 is 2.52 bits per heavy atom. The number of hydrogen-bond donors (Lipinski definition) is 1. The fourth-order valence-corrected chi connectivity index (χ4v) is 2.72. The van der Waals surface area contributed by atoms with Gasteiger partial charge in [0.1, 0.15) is 5.60 Å². The molecule has 2 unspecified atom stereocenters. The molecule has 116 valence electrons. The summed E-state index contributed by atoms with van der Waals surface area (Å²) in [5, 5.41) is 0. The summed E-state index contributed by atoms with van der Waals surface area (Å²) in [7, 11) is 0. The van der Waals surface area contributed by atoms with E-state index < -0.39 is 5.60 Å². The fourth-order valence-electron chi connectivity index (χ4n) is 2.72. The van der Waals surface area contributed by atoms with E-state index in [0.29, 0.717) is 0 Å². The van der Waals surface area contributed by atoms with Crippen LogP contribution in [0.25, 0.3) is 0 Å². The third-order valence-electron chi connectivity index (χ3n) is 3.80. The monoisotopic (exact) mass is 290 g/mol. The van der Waals surface area contributed by atoms with Crippen LogP contribution in [0.5, 0.6) is 0 Å². The van der Waals surface area contributed by atoms with Crippen molar-refractivity contribution < 1.29 is 9.53 Å². The summed E-state index contributed by atoms with van der Waals surface area (Å²) >= 11 is 0. The average molecular weight is 290 g/mol. The highest BCUT2D eigenvalue weighted by atomic mass is 16.6. The number of carbonyl (C=O) groups excluding carboxylic acids is 1. The van der Waals surface area contributed by atoms with Crippen LogP contribution in [0.2, 0.25) is 0 Å². The van der Waals surface area contributed by atoms with Crippen LogP contribution in [0, 0.1) is 6.92 Å². The second-order valence-corrected chi connectivity index (χ2v) is 6.82. The van der Waals surface area contributed by atoms with Crippen molar-refractivity contribution >= 4 is 6.09 Å². The SMILES string of the molecule is Cc1ccc(C(N)C2CCCN2C(=O)OC(C)(C)C)cc1. The van der Waals surface area contributed by atoms with Crippen LogP contribution in [0.4, 0.5) is 4.79 Å². The number of carbonyl (C=O) groups is 1. The first-order valence-corrected chi connectivity index (χ1v) is 7.60. The zero-order valence-electron chi connectivity index (χ0n) is 13.4. The number of likely N-dealkylation sites (tertiary alicyclic amines) is 1. The van der Waals surface area contributed by atoms with E-state index in [0.717, 1.165) is 24.9 Å². The number of benzene rings is 1. The third-order valence-corrected chi connectivity index (χ3v) is 3.80. The van der Waals surface area contributed by atoms with Crippen molar-refractivity contribution in [1.82, 2.24) is 4.90 Å². The molecular weight excluding hydrogens is 264 g/mol. The predicted octanol–water partition coefficient (Wildman–Crippen LogP) is 3.39. The van der Waals surface area contributed by atoms with E-state index in [9.17, 15) is 4.79 Å². The second-order valence-electron chi connectivity index (χ2n) is 6.82. The van der Waals surface area contributed by atoms with E-state index >= 15 is 0 Å². The maximum Gasteiger partial charge on any atom is 0.410 e. The molecule has 2 rings (SSSR count). The Labute approximate surface area is 127 Å². The molecule has 4 nitrogen and oxygen atoms in total. The number of rotatable bonds is 2. The lowest BCUT2D eigenvalue weighted by Crippen LogP contribution is -2.44. The van der Waals surface area contributed by atoms with Crippen LogP contribution in [0.15, 0.2) is 24.3 Å². The minimum absolute atomic E-state index is 0.0163. The molecule has 1 aromatic rings. The van der Waals surface area contributed by atoms with Gasteiger partial charge >= 0.3 is 6.09 Å². The molecule has 0 aliphatic carbocycles. The maximum atomic E-state index is 12.3. The van der Waals surface area contributed by atoms with E-state index in [-0.39, 0.29) is 18.2 Å². The summed E-state index contributed by atoms with van der Waals surface area (Å²) in [4.78, 5) is 14.1. The molecule has 1 aliphatic rings. The van der Waals surface area contributed by atoms with Gasteiger partial charge in [-0.1, -0.05) is 29.8 Å². The number of aryl methyl sites for hydroxylation is 1. The van der Waals surface area contributed by atoms with Crippen LogP contribution in [-0.2, 0) is 4.74 Å². The van der Waals surface area contributed by atoms with Crippen molar-refractivity contribution in [3.63, 3.8) is 0 Å². The zero-order chi connectivity index (χ0) is 15.6. The fraction of sp³-hybridized carbons (Fsp3) is 0.588. The number of nitrogens with zero attached hydrogens (tertiary/aromatic N) is 1. The number of ether oxygens (including phenoxy) is 1. The molecule has 0 aromatic heterocycles. The molecule has 1 heterocycles. The van der Waals surface area contributed by atoms with Crippen molar-refractivity contribution in [1.29, 1.82) is 0 Å². The third kappa shape index (κ3) is 3.97. The first-order valence-electron chi connectivity index (χ1n) is 7.60. The molecule has 1 fully saturated rings. The predicted molar refractivity (Wildman–Crippen MR) is 84.1 cm³/mol. The van der Waals surface area contributed by atoms with Crippen molar-refractivity contribution in [3.05, 3.63) is 35.4 Å². The lowest BCUT2D eigenvalue weighted by atomic mass is 9.97. The van der Waals surface area contributed by atoms with Gasteiger partial charge in [-0.15, -0.1) is 0 Å². The van der Waals surface area contributed by atoms with Crippen molar-refractivity contribution in [2.24, 2.45) is 5.73 Å². The highest BCUT2D eigenvalue weighted by molar-refractivity contribution is 5.69. The summed E-state index contributed by atoms with van der Waals surface area (Å²) < 4.78 is 5.49. The van der Waals surface area contributed by atoms with Gasteiger partial charge < -0.3 is 15.4 Å². The summed E-state index contributed by atoms with van der Waals surface area (Å²) in [6.45, 7) is 8.43. The quantitative estimate of drug-likeness (QED) is 0.908. The highest BCUT2D eigenvalue weighted by Crippen LogP contribution is 2.29. The van der Waals surface area contributed by atoms with Crippen molar-refractivity contribution in [3.8, 4) is 0 Å². The molecule has 0 spiro atoms. The zero-order valence-corrected chi connectivity index (χ0v) is 13.4. The molecule has 0 radical (unpaired) electrons. The molecule has 1 aliphatic heterocycles. The number of nitrogens with two attached hydrogens (primary N) is 1. The van der Waals surface area contributed by atoms with Gasteiger partial charge in [0, 0.05) is 6.54 Å². The summed E-state index contributed by atoms with van der Waals surface area (Å²) in [6, 6.07) is 8.06. The Morgan fingerprint density at radius 1 is 1.33 bits per heavy atom. The van der Waals surface area contributed by atoms with E-state index in [1.54, 1.807) is 4.90 Å². The molecule has 21 heavy (non-hydrogen) atoms. The van der Waals surface area contributed by atoms with Gasteiger partial charge in [0.25, 0.3) is 0 Å². The van der Waals surface area contributed by atoms with Gasteiger partial charge in [-0.2, -0.15) is 0 Å². The largest absolute Gasteiger partial charge is 0.444 e. The van der Waals surface area contributed by atoms with Crippen LogP contribution in [-0.4, -0.2) is 29.2 Å². The van der Waals surface area contributed by atoms with Gasteiger partial charge in [-0.25, -0.2) is 4.79 Å². The molecule has 2 N–H and O–H groups in total. The van der Waals surface area contributed by atoms with E-state index in [1.807, 2.05) is 32.9 Å². The van der Waals surface area contributed by atoms with Crippen molar-refractivity contribution in [2.75, 3.05) is 6.54 Å². The normalized spacial score (nSPS) is 20.4. The molecule has 1 saturated heterocycles. The van der Waals surface area contributed by atoms with Crippen LogP contribution < -0.4 is 5.73 Å². The first-order chi connectivity index (χ1) is 9.78. The number of amides is 1. The van der Waals surface area contributed by atoms with Gasteiger partial charge in [-0.05, 0) is 46.1 Å². The molecule has 4 heteroatoms. The molecule has 0 saturated carbocycles.